The third-order valence-electron chi connectivity index (χ3n) is 5.56. The van der Waals surface area contributed by atoms with Crippen LogP contribution in [-0.4, -0.2) is 49.7 Å². The Hall–Kier alpha value is -3.80. The quantitative estimate of drug-likeness (QED) is 0.380. The molecule has 11 nitrogen and oxygen atoms in total. The summed E-state index contributed by atoms with van der Waals surface area (Å²) in [5, 5.41) is 8.53. The van der Waals surface area contributed by atoms with Crippen LogP contribution < -0.4 is 18.9 Å². The summed E-state index contributed by atoms with van der Waals surface area (Å²) in [6, 6.07) is 7.01. The zero-order chi connectivity index (χ0) is 23.9. The maximum Gasteiger partial charge on any atom is 0.272 e. The van der Waals surface area contributed by atoms with Gasteiger partial charge < -0.3 is 18.7 Å². The van der Waals surface area contributed by atoms with Gasteiger partial charge in [-0.3, -0.25) is 9.40 Å². The third kappa shape index (κ3) is 4.00. The van der Waals surface area contributed by atoms with Gasteiger partial charge >= 0.3 is 0 Å². The van der Waals surface area contributed by atoms with E-state index in [0.717, 1.165) is 24.1 Å². The van der Waals surface area contributed by atoms with Crippen LogP contribution in [0.1, 0.15) is 30.0 Å². The predicted octanol–water partition coefficient (Wildman–Crippen LogP) is 3.17. The van der Waals surface area contributed by atoms with E-state index in [4.69, 9.17) is 18.7 Å². The molecule has 0 atom stereocenters. The Balaban J connectivity index is 1.54. The highest BCUT2D eigenvalue weighted by Crippen LogP contribution is 2.44. The number of rotatable bonds is 9. The second-order valence-electron chi connectivity index (χ2n) is 7.87. The van der Waals surface area contributed by atoms with Gasteiger partial charge in [0.05, 0.1) is 33.6 Å². The van der Waals surface area contributed by atoms with E-state index in [1.165, 1.54) is 21.3 Å². The number of nitrogens with zero attached hydrogens (tertiary/aromatic N) is 4. The van der Waals surface area contributed by atoms with Crippen molar-refractivity contribution in [2.45, 2.75) is 30.2 Å². The van der Waals surface area contributed by atoms with Crippen LogP contribution in [0.4, 0.5) is 5.82 Å². The van der Waals surface area contributed by atoms with Gasteiger partial charge in [0.2, 0.25) is 5.88 Å². The molecule has 3 aromatic heterocycles. The first kappa shape index (κ1) is 22.0. The van der Waals surface area contributed by atoms with Gasteiger partial charge in [-0.15, -0.1) is 0 Å². The van der Waals surface area contributed by atoms with E-state index in [1.54, 1.807) is 29.1 Å². The Morgan fingerprint density at radius 2 is 1.91 bits per heavy atom. The minimum absolute atomic E-state index is 0.0205. The van der Waals surface area contributed by atoms with Crippen molar-refractivity contribution < 1.29 is 27.2 Å². The Morgan fingerprint density at radius 3 is 2.56 bits per heavy atom. The predicted molar refractivity (Wildman–Crippen MR) is 122 cm³/mol. The van der Waals surface area contributed by atoms with Gasteiger partial charge in [0, 0.05) is 24.4 Å². The van der Waals surface area contributed by atoms with E-state index >= 15 is 0 Å². The lowest BCUT2D eigenvalue weighted by Gasteiger charge is -2.15. The first-order valence-corrected chi connectivity index (χ1v) is 12.0. The fourth-order valence-electron chi connectivity index (χ4n) is 3.80. The molecule has 1 aliphatic rings. The normalized spacial score (nSPS) is 13.7. The summed E-state index contributed by atoms with van der Waals surface area (Å²) in [5.41, 5.74) is 1.95. The molecule has 0 amide bonds. The molecule has 0 bridgehead atoms. The molecular weight excluding hydrogens is 462 g/mol. The van der Waals surface area contributed by atoms with Crippen molar-refractivity contribution in [1.82, 2.24) is 19.9 Å². The minimum atomic E-state index is -4.21. The van der Waals surface area contributed by atoms with E-state index in [-0.39, 0.29) is 28.3 Å². The molecule has 1 aromatic carbocycles. The number of aromatic nitrogens is 4. The van der Waals surface area contributed by atoms with E-state index in [2.05, 4.69) is 20.0 Å². The van der Waals surface area contributed by atoms with E-state index < -0.39 is 10.0 Å². The number of hydrogen-bond acceptors (Lipinski definition) is 9. The first-order chi connectivity index (χ1) is 16.4. The molecule has 1 saturated carbocycles. The number of nitrogens with one attached hydrogen (secondary N) is 1. The highest BCUT2D eigenvalue weighted by atomic mass is 32.2. The maximum absolute atomic E-state index is 13.4. The van der Waals surface area contributed by atoms with Crippen LogP contribution >= 0.6 is 0 Å². The molecule has 12 heteroatoms. The lowest BCUT2D eigenvalue weighted by Crippen LogP contribution is -2.17. The molecule has 3 heterocycles. The Kier molecular flexibility index (Phi) is 5.52. The van der Waals surface area contributed by atoms with Gasteiger partial charge in [-0.2, -0.15) is 5.10 Å². The van der Waals surface area contributed by atoms with Crippen molar-refractivity contribution in [3.63, 3.8) is 0 Å². The Bertz CT molecular complexity index is 1420. The minimum Gasteiger partial charge on any atom is -0.496 e. The number of ether oxygens (including phenoxy) is 3. The number of hydrogen-bond donors (Lipinski definition) is 1. The Morgan fingerprint density at radius 1 is 1.12 bits per heavy atom. The Labute approximate surface area is 195 Å². The van der Waals surface area contributed by atoms with Crippen LogP contribution in [0.2, 0.25) is 0 Å². The molecule has 0 radical (unpaired) electrons. The average Bonchev–Trinajstić information content (AvgIpc) is 3.43. The van der Waals surface area contributed by atoms with Crippen LogP contribution in [0, 0.1) is 0 Å². The van der Waals surface area contributed by atoms with Crippen molar-refractivity contribution >= 4 is 26.8 Å². The number of sulfonamides is 1. The topological polar surface area (TPSA) is 131 Å². The summed E-state index contributed by atoms with van der Waals surface area (Å²) in [5.74, 6) is 0.761. The van der Waals surface area contributed by atoms with Gasteiger partial charge in [0.15, 0.2) is 16.3 Å². The summed E-state index contributed by atoms with van der Waals surface area (Å²) in [6.45, 7) is 0.481. The van der Waals surface area contributed by atoms with Crippen LogP contribution in [0.5, 0.6) is 17.4 Å². The molecule has 34 heavy (non-hydrogen) atoms. The lowest BCUT2D eigenvalue weighted by molar-refractivity contribution is 0.359. The SMILES string of the molecule is COc1cc(C2CC2)nc(OC)c1S(=O)(=O)Nc1noc2cc(Cn3cccn3)cc(OC)c12. The summed E-state index contributed by atoms with van der Waals surface area (Å²) in [6.07, 6.45) is 5.51. The lowest BCUT2D eigenvalue weighted by atomic mass is 10.1. The molecule has 0 spiro atoms. The molecular formula is C22H23N5O6S. The molecule has 0 unspecified atom stereocenters. The van der Waals surface area contributed by atoms with Gasteiger partial charge in [-0.1, -0.05) is 5.16 Å². The average molecular weight is 486 g/mol. The summed E-state index contributed by atoms with van der Waals surface area (Å²) >= 11 is 0. The number of fused-ring (bicyclic) bond motifs is 1. The molecule has 5 rings (SSSR count). The van der Waals surface area contributed by atoms with Crippen molar-refractivity contribution in [2.75, 3.05) is 26.1 Å². The van der Waals surface area contributed by atoms with Crippen LogP contribution in [0.15, 0.2) is 46.1 Å². The fraction of sp³-hybridized carbons (Fsp3) is 0.318. The zero-order valence-electron chi connectivity index (χ0n) is 18.8. The monoisotopic (exact) mass is 485 g/mol. The molecule has 1 aliphatic carbocycles. The van der Waals surface area contributed by atoms with Crippen molar-refractivity contribution in [2.24, 2.45) is 0 Å². The highest BCUT2D eigenvalue weighted by molar-refractivity contribution is 7.93. The second-order valence-corrected chi connectivity index (χ2v) is 9.49. The van der Waals surface area contributed by atoms with Gasteiger partial charge in [0.1, 0.15) is 16.9 Å². The highest BCUT2D eigenvalue weighted by Gasteiger charge is 2.33. The van der Waals surface area contributed by atoms with Crippen LogP contribution in [0.3, 0.4) is 0 Å². The number of benzene rings is 1. The van der Waals surface area contributed by atoms with Crippen molar-refractivity contribution in [1.29, 1.82) is 0 Å². The summed E-state index contributed by atoms with van der Waals surface area (Å²) < 4.78 is 52.8. The number of methoxy groups -OCH3 is 3. The first-order valence-electron chi connectivity index (χ1n) is 10.5. The third-order valence-corrected chi connectivity index (χ3v) is 6.93. The molecule has 4 aromatic rings. The zero-order valence-corrected chi connectivity index (χ0v) is 19.6. The van der Waals surface area contributed by atoms with Gasteiger partial charge in [0.25, 0.3) is 10.0 Å². The van der Waals surface area contributed by atoms with Crippen molar-refractivity contribution in [3.05, 3.63) is 47.9 Å². The maximum atomic E-state index is 13.4. The number of anilines is 1. The van der Waals surface area contributed by atoms with E-state index in [9.17, 15) is 8.42 Å². The second kappa shape index (κ2) is 8.52. The van der Waals surface area contributed by atoms with E-state index in [1.807, 2.05) is 12.3 Å². The molecule has 0 saturated heterocycles. The standard InChI is InChI=1S/C22H23N5O6S/c1-30-16-9-13(12-27-8-4-7-23-27)10-17-19(16)21(25-33-17)26-34(28,29)20-18(31-2)11-15(14-5-6-14)24-22(20)32-3/h4,7-11,14H,5-6,12H2,1-3H3,(H,25,26). The summed E-state index contributed by atoms with van der Waals surface area (Å²) in [4.78, 5) is 4.19. The molecule has 1 N–H and O–H groups in total. The van der Waals surface area contributed by atoms with E-state index in [0.29, 0.717) is 23.3 Å². The van der Waals surface area contributed by atoms with Gasteiger partial charge in [-0.05, 0) is 36.6 Å². The molecule has 178 valence electrons. The largest absolute Gasteiger partial charge is 0.496 e. The van der Waals surface area contributed by atoms with Crippen molar-refractivity contribution in [3.8, 4) is 17.4 Å². The molecule has 0 aliphatic heterocycles. The van der Waals surface area contributed by atoms with Crippen LogP contribution in [-0.2, 0) is 16.6 Å². The summed E-state index contributed by atoms with van der Waals surface area (Å²) in [7, 11) is 0.0484. The fourth-order valence-corrected chi connectivity index (χ4v) is 5.06. The van der Waals surface area contributed by atoms with Crippen LogP contribution in [0.25, 0.3) is 11.0 Å². The smallest absolute Gasteiger partial charge is 0.272 e. The number of pyridine rings is 1. The molecule has 1 fully saturated rings. The van der Waals surface area contributed by atoms with Gasteiger partial charge in [-0.25, -0.2) is 13.4 Å².